The fourth-order valence-corrected chi connectivity index (χ4v) is 1.12. The number of hydrogen-bond acceptors (Lipinski definition) is 1. The molecule has 0 aliphatic heterocycles. The Morgan fingerprint density at radius 1 is 1.56 bits per heavy atom. The van der Waals surface area contributed by atoms with E-state index in [-0.39, 0.29) is 5.92 Å². The van der Waals surface area contributed by atoms with E-state index in [9.17, 15) is 4.79 Å². The van der Waals surface area contributed by atoms with Crippen molar-refractivity contribution in [3.8, 4) is 0 Å². The van der Waals surface area contributed by atoms with Gasteiger partial charge >= 0.3 is 0 Å². The third-order valence-electron chi connectivity index (χ3n) is 2.69. The molecular weight excluding hydrogens is 112 g/mol. The van der Waals surface area contributed by atoms with Crippen molar-refractivity contribution in [3.63, 3.8) is 0 Å². The Morgan fingerprint density at radius 3 is 2.11 bits per heavy atom. The summed E-state index contributed by atoms with van der Waals surface area (Å²) in [6.07, 6.45) is 2.49. The van der Waals surface area contributed by atoms with Gasteiger partial charge in [0.05, 0.1) is 0 Å². The predicted octanol–water partition coefficient (Wildman–Crippen LogP) is 2.01. The quantitative estimate of drug-likeness (QED) is 0.553. The molecule has 1 heteroatoms. The molecule has 0 aromatic heterocycles. The van der Waals surface area contributed by atoms with Gasteiger partial charge in [0, 0.05) is 5.92 Å². The van der Waals surface area contributed by atoms with Gasteiger partial charge in [0.15, 0.2) is 0 Å². The second kappa shape index (κ2) is 1.83. The van der Waals surface area contributed by atoms with Gasteiger partial charge in [0.25, 0.3) is 0 Å². The lowest BCUT2D eigenvalue weighted by atomic mass is 9.90. The standard InChI is InChI=1S/C8H14O/c1-6(7(2)9)8(3)4-5-8/h6H,4-5H2,1-3H3. The molecule has 0 saturated heterocycles. The van der Waals surface area contributed by atoms with Gasteiger partial charge in [-0.2, -0.15) is 0 Å². The topological polar surface area (TPSA) is 17.1 Å². The van der Waals surface area contributed by atoms with Gasteiger partial charge in [0.1, 0.15) is 5.78 Å². The maximum absolute atomic E-state index is 10.8. The fourth-order valence-electron chi connectivity index (χ4n) is 1.12. The van der Waals surface area contributed by atoms with Crippen LogP contribution >= 0.6 is 0 Å². The minimum absolute atomic E-state index is 0.289. The Kier molecular flexibility index (Phi) is 1.38. The monoisotopic (exact) mass is 126 g/mol. The molecule has 0 bridgehead atoms. The van der Waals surface area contributed by atoms with Crippen molar-refractivity contribution in [1.82, 2.24) is 0 Å². The van der Waals surface area contributed by atoms with Gasteiger partial charge < -0.3 is 0 Å². The van der Waals surface area contributed by atoms with E-state index in [1.165, 1.54) is 12.8 Å². The molecule has 52 valence electrons. The first-order valence-corrected chi connectivity index (χ1v) is 3.57. The largest absolute Gasteiger partial charge is 0.300 e. The number of rotatable bonds is 2. The average Bonchev–Trinajstić information content (AvgIpc) is 2.47. The van der Waals surface area contributed by atoms with Crippen LogP contribution in [-0.4, -0.2) is 5.78 Å². The van der Waals surface area contributed by atoms with Crippen LogP contribution in [0, 0.1) is 11.3 Å². The Hall–Kier alpha value is -0.330. The highest BCUT2D eigenvalue weighted by Gasteiger charge is 2.44. The molecule has 1 saturated carbocycles. The van der Waals surface area contributed by atoms with Crippen molar-refractivity contribution in [2.75, 3.05) is 0 Å². The summed E-state index contributed by atoms with van der Waals surface area (Å²) in [7, 11) is 0. The van der Waals surface area contributed by atoms with Crippen molar-refractivity contribution < 1.29 is 4.79 Å². The molecule has 1 rings (SSSR count). The van der Waals surface area contributed by atoms with E-state index in [1.807, 2.05) is 6.92 Å². The van der Waals surface area contributed by atoms with E-state index in [0.29, 0.717) is 11.2 Å². The Labute approximate surface area is 56.4 Å². The summed E-state index contributed by atoms with van der Waals surface area (Å²) in [5.41, 5.74) is 0.381. The van der Waals surface area contributed by atoms with Crippen LogP contribution in [0.1, 0.15) is 33.6 Å². The van der Waals surface area contributed by atoms with E-state index in [4.69, 9.17) is 0 Å². The lowest BCUT2D eigenvalue weighted by Crippen LogP contribution is -2.16. The van der Waals surface area contributed by atoms with Crippen LogP contribution < -0.4 is 0 Å². The van der Waals surface area contributed by atoms with Crippen LogP contribution in [0.4, 0.5) is 0 Å². The van der Waals surface area contributed by atoms with Crippen molar-refractivity contribution in [2.24, 2.45) is 11.3 Å². The van der Waals surface area contributed by atoms with Gasteiger partial charge in [-0.1, -0.05) is 13.8 Å². The highest BCUT2D eigenvalue weighted by atomic mass is 16.1. The smallest absolute Gasteiger partial charge is 0.133 e. The maximum atomic E-state index is 10.8. The predicted molar refractivity (Wildman–Crippen MR) is 37.2 cm³/mol. The molecule has 0 amide bonds. The SMILES string of the molecule is CC(=O)C(C)C1(C)CC1. The molecule has 0 aromatic rings. The normalized spacial score (nSPS) is 25.2. The van der Waals surface area contributed by atoms with Gasteiger partial charge in [-0.3, -0.25) is 4.79 Å². The van der Waals surface area contributed by atoms with Crippen LogP contribution in [0.5, 0.6) is 0 Å². The summed E-state index contributed by atoms with van der Waals surface area (Å²) in [4.78, 5) is 10.8. The molecule has 0 spiro atoms. The van der Waals surface area contributed by atoms with Crippen LogP contribution in [0.25, 0.3) is 0 Å². The van der Waals surface area contributed by atoms with Crippen molar-refractivity contribution in [2.45, 2.75) is 33.6 Å². The highest BCUT2D eigenvalue weighted by Crippen LogP contribution is 2.51. The van der Waals surface area contributed by atoms with Gasteiger partial charge in [-0.05, 0) is 25.2 Å². The third kappa shape index (κ3) is 1.15. The maximum Gasteiger partial charge on any atom is 0.133 e. The number of Topliss-reactive ketones (excluding diaryl/α,β-unsaturated/α-hetero) is 1. The molecule has 1 nitrogen and oxygen atoms in total. The number of hydrogen-bond donors (Lipinski definition) is 0. The molecule has 0 N–H and O–H groups in total. The zero-order valence-electron chi connectivity index (χ0n) is 6.40. The minimum Gasteiger partial charge on any atom is -0.300 e. The molecule has 0 heterocycles. The second-order valence-corrected chi connectivity index (χ2v) is 3.49. The van der Waals surface area contributed by atoms with Crippen molar-refractivity contribution in [3.05, 3.63) is 0 Å². The first-order chi connectivity index (χ1) is 4.06. The lowest BCUT2D eigenvalue weighted by molar-refractivity contribution is -0.122. The van der Waals surface area contributed by atoms with Gasteiger partial charge in [0.2, 0.25) is 0 Å². The van der Waals surface area contributed by atoms with E-state index < -0.39 is 0 Å². The summed E-state index contributed by atoms with van der Waals surface area (Å²) in [6.45, 7) is 5.92. The first-order valence-electron chi connectivity index (χ1n) is 3.57. The number of ketones is 1. The van der Waals surface area contributed by atoms with E-state index in [0.717, 1.165) is 0 Å². The van der Waals surface area contributed by atoms with Gasteiger partial charge in [-0.25, -0.2) is 0 Å². The zero-order chi connectivity index (χ0) is 7.07. The molecule has 0 aromatic carbocycles. The average molecular weight is 126 g/mol. The van der Waals surface area contributed by atoms with Crippen LogP contribution in [-0.2, 0) is 4.79 Å². The van der Waals surface area contributed by atoms with E-state index >= 15 is 0 Å². The number of carbonyl (C=O) groups excluding carboxylic acids is 1. The highest BCUT2D eigenvalue weighted by molar-refractivity contribution is 5.79. The number of carbonyl (C=O) groups is 1. The summed E-state index contributed by atoms with van der Waals surface area (Å²) in [5.74, 6) is 0.632. The molecule has 1 atom stereocenters. The molecule has 0 radical (unpaired) electrons. The molecule has 9 heavy (non-hydrogen) atoms. The Bertz CT molecular complexity index is 134. The van der Waals surface area contributed by atoms with E-state index in [1.54, 1.807) is 6.92 Å². The van der Waals surface area contributed by atoms with Crippen LogP contribution in [0.3, 0.4) is 0 Å². The molecule has 1 aliphatic carbocycles. The third-order valence-corrected chi connectivity index (χ3v) is 2.69. The van der Waals surface area contributed by atoms with Crippen molar-refractivity contribution in [1.29, 1.82) is 0 Å². The van der Waals surface area contributed by atoms with Crippen LogP contribution in [0.2, 0.25) is 0 Å². The second-order valence-electron chi connectivity index (χ2n) is 3.49. The molecular formula is C8H14O. The lowest BCUT2D eigenvalue weighted by Gasteiger charge is -2.13. The molecule has 1 aliphatic rings. The summed E-state index contributed by atoms with van der Waals surface area (Å²) < 4.78 is 0. The van der Waals surface area contributed by atoms with Crippen LogP contribution in [0.15, 0.2) is 0 Å². The summed E-state index contributed by atoms with van der Waals surface area (Å²) >= 11 is 0. The first kappa shape index (κ1) is 6.79. The van der Waals surface area contributed by atoms with Gasteiger partial charge in [-0.15, -0.1) is 0 Å². The molecule has 1 fully saturated rings. The summed E-state index contributed by atoms with van der Waals surface area (Å²) in [6, 6.07) is 0. The fraction of sp³-hybridized carbons (Fsp3) is 0.875. The zero-order valence-corrected chi connectivity index (χ0v) is 6.40. The van der Waals surface area contributed by atoms with E-state index in [2.05, 4.69) is 6.92 Å². The Morgan fingerprint density at radius 2 is 2.00 bits per heavy atom. The molecule has 1 unspecified atom stereocenters. The van der Waals surface area contributed by atoms with Crippen molar-refractivity contribution >= 4 is 5.78 Å². The Balaban J connectivity index is 2.52. The summed E-state index contributed by atoms with van der Waals surface area (Å²) in [5, 5.41) is 0. The minimum atomic E-state index is 0.289.